The van der Waals surface area contributed by atoms with Gasteiger partial charge in [0.25, 0.3) is 0 Å². The standard InChI is InChI=1S/C9H13N3O/c1-7-5-3-4-6-8(7)11-9(13)12(2)10/h3-6H,10H2,1-2H3,(H,11,13). The Balaban J connectivity index is 2.75. The van der Waals surface area contributed by atoms with Crippen LogP contribution in [-0.2, 0) is 0 Å². The predicted octanol–water partition coefficient (Wildman–Crippen LogP) is 1.33. The van der Waals surface area contributed by atoms with Crippen LogP contribution in [0.5, 0.6) is 0 Å². The maximum absolute atomic E-state index is 11.2. The van der Waals surface area contributed by atoms with Crippen LogP contribution in [0.25, 0.3) is 0 Å². The highest BCUT2D eigenvalue weighted by Crippen LogP contribution is 2.12. The van der Waals surface area contributed by atoms with Crippen molar-refractivity contribution in [1.29, 1.82) is 0 Å². The lowest BCUT2D eigenvalue weighted by Gasteiger charge is -2.12. The van der Waals surface area contributed by atoms with Gasteiger partial charge in [-0.1, -0.05) is 18.2 Å². The van der Waals surface area contributed by atoms with Gasteiger partial charge in [0.1, 0.15) is 0 Å². The Morgan fingerprint density at radius 1 is 1.46 bits per heavy atom. The fourth-order valence-electron chi connectivity index (χ4n) is 0.917. The first-order valence-corrected chi connectivity index (χ1v) is 3.96. The third-order valence-electron chi connectivity index (χ3n) is 1.71. The van der Waals surface area contributed by atoms with Crippen LogP contribution in [-0.4, -0.2) is 18.1 Å². The molecule has 0 bridgehead atoms. The Morgan fingerprint density at radius 3 is 2.62 bits per heavy atom. The molecule has 0 fully saturated rings. The number of hydrazine groups is 1. The molecule has 1 rings (SSSR count). The third-order valence-corrected chi connectivity index (χ3v) is 1.71. The number of rotatable bonds is 1. The number of benzene rings is 1. The molecule has 0 aromatic heterocycles. The van der Waals surface area contributed by atoms with Crippen LogP contribution in [0.2, 0.25) is 0 Å². The van der Waals surface area contributed by atoms with Gasteiger partial charge in [0.05, 0.1) is 0 Å². The summed E-state index contributed by atoms with van der Waals surface area (Å²) >= 11 is 0. The summed E-state index contributed by atoms with van der Waals surface area (Å²) in [5, 5.41) is 3.68. The number of nitrogens with two attached hydrogens (primary N) is 1. The molecule has 3 N–H and O–H groups in total. The number of hydrogen-bond acceptors (Lipinski definition) is 2. The molecule has 70 valence electrons. The topological polar surface area (TPSA) is 58.4 Å². The average molecular weight is 179 g/mol. The van der Waals surface area contributed by atoms with E-state index in [0.717, 1.165) is 16.3 Å². The number of hydrogen-bond donors (Lipinski definition) is 2. The fourth-order valence-corrected chi connectivity index (χ4v) is 0.917. The van der Waals surface area contributed by atoms with Crippen LogP contribution >= 0.6 is 0 Å². The number of amides is 2. The maximum Gasteiger partial charge on any atom is 0.335 e. The molecular formula is C9H13N3O. The molecule has 0 saturated carbocycles. The second-order valence-corrected chi connectivity index (χ2v) is 2.86. The van der Waals surface area contributed by atoms with Crippen LogP contribution in [0.1, 0.15) is 5.56 Å². The summed E-state index contributed by atoms with van der Waals surface area (Å²) in [7, 11) is 1.49. The van der Waals surface area contributed by atoms with Crippen molar-refractivity contribution in [3.05, 3.63) is 29.8 Å². The van der Waals surface area contributed by atoms with Crippen molar-refractivity contribution in [3.8, 4) is 0 Å². The molecule has 4 heteroatoms. The van der Waals surface area contributed by atoms with E-state index < -0.39 is 0 Å². The Labute approximate surface area is 77.3 Å². The summed E-state index contributed by atoms with van der Waals surface area (Å²) < 4.78 is 0. The molecule has 0 aliphatic heterocycles. The van der Waals surface area contributed by atoms with Crippen molar-refractivity contribution in [2.45, 2.75) is 6.92 Å². The van der Waals surface area contributed by atoms with Crippen molar-refractivity contribution in [2.75, 3.05) is 12.4 Å². The van der Waals surface area contributed by atoms with Gasteiger partial charge < -0.3 is 5.32 Å². The van der Waals surface area contributed by atoms with E-state index in [9.17, 15) is 4.79 Å². The zero-order valence-corrected chi connectivity index (χ0v) is 7.74. The molecule has 0 unspecified atom stereocenters. The second-order valence-electron chi connectivity index (χ2n) is 2.86. The van der Waals surface area contributed by atoms with Gasteiger partial charge in [-0.05, 0) is 18.6 Å². The van der Waals surface area contributed by atoms with Crippen molar-refractivity contribution < 1.29 is 4.79 Å². The summed E-state index contributed by atoms with van der Waals surface area (Å²) in [5.74, 6) is 5.26. The monoisotopic (exact) mass is 179 g/mol. The Kier molecular flexibility index (Phi) is 2.87. The van der Waals surface area contributed by atoms with Crippen molar-refractivity contribution in [2.24, 2.45) is 5.84 Å². The highest BCUT2D eigenvalue weighted by molar-refractivity contribution is 5.89. The van der Waals surface area contributed by atoms with E-state index in [0.29, 0.717) is 0 Å². The largest absolute Gasteiger partial charge is 0.335 e. The number of aryl methyl sites for hydroxylation is 1. The fraction of sp³-hybridized carbons (Fsp3) is 0.222. The van der Waals surface area contributed by atoms with E-state index in [1.807, 2.05) is 31.2 Å². The molecule has 4 nitrogen and oxygen atoms in total. The SMILES string of the molecule is Cc1ccccc1NC(=O)N(C)N. The normalized spacial score (nSPS) is 9.46. The minimum absolute atomic E-state index is 0.325. The van der Waals surface area contributed by atoms with Crippen LogP contribution in [0.3, 0.4) is 0 Å². The number of anilines is 1. The quantitative estimate of drug-likeness (QED) is 0.388. The zero-order valence-electron chi connectivity index (χ0n) is 7.74. The lowest BCUT2D eigenvalue weighted by atomic mass is 10.2. The average Bonchev–Trinajstić information content (AvgIpc) is 2.08. The first-order chi connectivity index (χ1) is 6.11. The molecule has 0 heterocycles. The summed E-state index contributed by atoms with van der Waals surface area (Å²) in [5.41, 5.74) is 1.79. The predicted molar refractivity (Wildman–Crippen MR) is 52.1 cm³/mol. The summed E-state index contributed by atoms with van der Waals surface area (Å²) in [6.45, 7) is 1.92. The van der Waals surface area contributed by atoms with E-state index >= 15 is 0 Å². The minimum Gasteiger partial charge on any atom is -0.306 e. The van der Waals surface area contributed by atoms with Crippen LogP contribution in [0, 0.1) is 6.92 Å². The van der Waals surface area contributed by atoms with Gasteiger partial charge in [0, 0.05) is 12.7 Å². The lowest BCUT2D eigenvalue weighted by Crippen LogP contribution is -2.36. The third kappa shape index (κ3) is 2.45. The highest BCUT2D eigenvalue weighted by atomic mass is 16.2. The minimum atomic E-state index is -0.325. The van der Waals surface area contributed by atoms with Gasteiger partial charge in [-0.2, -0.15) is 0 Å². The van der Waals surface area contributed by atoms with E-state index in [1.165, 1.54) is 7.05 Å². The zero-order chi connectivity index (χ0) is 9.84. The van der Waals surface area contributed by atoms with E-state index in [1.54, 1.807) is 0 Å². The van der Waals surface area contributed by atoms with Crippen molar-refractivity contribution in [1.82, 2.24) is 5.01 Å². The number of urea groups is 1. The van der Waals surface area contributed by atoms with Crippen LogP contribution in [0.4, 0.5) is 10.5 Å². The number of nitrogens with one attached hydrogen (secondary N) is 1. The summed E-state index contributed by atoms with van der Waals surface area (Å²) in [4.78, 5) is 11.2. The molecule has 0 aliphatic rings. The summed E-state index contributed by atoms with van der Waals surface area (Å²) in [6, 6.07) is 7.20. The van der Waals surface area contributed by atoms with Crippen LogP contribution < -0.4 is 11.2 Å². The lowest BCUT2D eigenvalue weighted by molar-refractivity contribution is 0.223. The van der Waals surface area contributed by atoms with Crippen LogP contribution in [0.15, 0.2) is 24.3 Å². The molecule has 0 spiro atoms. The number of carbonyl (C=O) groups excluding carboxylic acids is 1. The van der Waals surface area contributed by atoms with Crippen molar-refractivity contribution in [3.63, 3.8) is 0 Å². The van der Waals surface area contributed by atoms with Gasteiger partial charge in [0.15, 0.2) is 0 Å². The van der Waals surface area contributed by atoms with Gasteiger partial charge in [-0.3, -0.25) is 5.01 Å². The first-order valence-electron chi connectivity index (χ1n) is 3.96. The Bertz CT molecular complexity index is 309. The van der Waals surface area contributed by atoms with Gasteiger partial charge in [0.2, 0.25) is 0 Å². The number of para-hydroxylation sites is 1. The van der Waals surface area contributed by atoms with Gasteiger partial charge >= 0.3 is 6.03 Å². The Morgan fingerprint density at radius 2 is 2.08 bits per heavy atom. The number of carbonyl (C=O) groups is 1. The molecule has 0 radical (unpaired) electrons. The molecule has 0 aliphatic carbocycles. The van der Waals surface area contributed by atoms with E-state index in [-0.39, 0.29) is 6.03 Å². The van der Waals surface area contributed by atoms with Gasteiger partial charge in [-0.15, -0.1) is 0 Å². The van der Waals surface area contributed by atoms with Gasteiger partial charge in [-0.25, -0.2) is 10.6 Å². The molecular weight excluding hydrogens is 166 g/mol. The van der Waals surface area contributed by atoms with E-state index in [4.69, 9.17) is 5.84 Å². The molecule has 0 atom stereocenters. The van der Waals surface area contributed by atoms with Crippen molar-refractivity contribution >= 4 is 11.7 Å². The number of nitrogens with zero attached hydrogens (tertiary/aromatic N) is 1. The van der Waals surface area contributed by atoms with E-state index in [2.05, 4.69) is 5.32 Å². The molecule has 1 aromatic rings. The second kappa shape index (κ2) is 3.91. The molecule has 2 amide bonds. The summed E-state index contributed by atoms with van der Waals surface area (Å²) in [6.07, 6.45) is 0. The maximum atomic E-state index is 11.2. The smallest absolute Gasteiger partial charge is 0.306 e. The Hall–Kier alpha value is -1.55. The molecule has 0 saturated heterocycles. The highest BCUT2D eigenvalue weighted by Gasteiger charge is 2.04. The molecule has 1 aromatic carbocycles. The molecule has 13 heavy (non-hydrogen) atoms. The first kappa shape index (κ1) is 9.54.